The number of hydrogen-bond donors (Lipinski definition) is 0. The van der Waals surface area contributed by atoms with E-state index in [1.165, 1.54) is 17.6 Å². The molecule has 0 fully saturated rings. The third-order valence-corrected chi connectivity index (χ3v) is 3.94. The summed E-state index contributed by atoms with van der Waals surface area (Å²) in [7, 11) is 0. The maximum Gasteiger partial charge on any atom is 0.416 e. The van der Waals surface area contributed by atoms with Crippen molar-refractivity contribution in [2.75, 3.05) is 0 Å². The molecule has 0 radical (unpaired) electrons. The standard InChI is InChI=1S/C16H10F3NO3S/c17-16(18,19)11-5-3-10(4-6-11)15(21)23-9-12-8-22-14(20-12)13-2-1-7-24-13/h1-8H,9H2. The van der Waals surface area contributed by atoms with Crippen LogP contribution >= 0.6 is 11.3 Å². The van der Waals surface area contributed by atoms with E-state index in [-0.39, 0.29) is 12.2 Å². The molecule has 0 unspecified atom stereocenters. The molecule has 0 saturated heterocycles. The Morgan fingerprint density at radius 2 is 1.96 bits per heavy atom. The number of ether oxygens (including phenoxy) is 1. The van der Waals surface area contributed by atoms with Crippen LogP contribution in [0.4, 0.5) is 13.2 Å². The second-order valence-electron chi connectivity index (χ2n) is 4.77. The maximum atomic E-state index is 12.5. The summed E-state index contributed by atoms with van der Waals surface area (Å²) in [6, 6.07) is 7.52. The SMILES string of the molecule is O=C(OCc1coc(-c2cccs2)n1)c1ccc(C(F)(F)F)cc1. The van der Waals surface area contributed by atoms with Crippen LogP contribution in [0.15, 0.2) is 52.5 Å². The van der Waals surface area contributed by atoms with E-state index in [1.807, 2.05) is 17.5 Å². The fourth-order valence-corrected chi connectivity index (χ4v) is 2.56. The van der Waals surface area contributed by atoms with E-state index in [0.717, 1.165) is 29.1 Å². The van der Waals surface area contributed by atoms with Gasteiger partial charge in [-0.05, 0) is 35.7 Å². The molecule has 2 aromatic heterocycles. The van der Waals surface area contributed by atoms with Crippen molar-refractivity contribution in [2.24, 2.45) is 0 Å². The molecule has 0 aliphatic rings. The predicted molar refractivity (Wildman–Crippen MR) is 80.4 cm³/mol. The van der Waals surface area contributed by atoms with E-state index in [1.54, 1.807) is 0 Å². The number of halogens is 3. The fourth-order valence-electron chi connectivity index (χ4n) is 1.90. The highest BCUT2D eigenvalue weighted by Crippen LogP contribution is 2.29. The largest absolute Gasteiger partial charge is 0.455 e. The molecule has 3 aromatic rings. The molecule has 0 atom stereocenters. The third kappa shape index (κ3) is 3.65. The highest BCUT2D eigenvalue weighted by Gasteiger charge is 2.30. The Bertz CT molecular complexity index is 823. The van der Waals surface area contributed by atoms with Crippen LogP contribution in [0, 0.1) is 0 Å². The Kier molecular flexibility index (Phi) is 4.39. The van der Waals surface area contributed by atoms with Crippen LogP contribution in [-0.4, -0.2) is 11.0 Å². The van der Waals surface area contributed by atoms with Gasteiger partial charge >= 0.3 is 12.1 Å². The fraction of sp³-hybridized carbons (Fsp3) is 0.125. The Hall–Kier alpha value is -2.61. The summed E-state index contributed by atoms with van der Waals surface area (Å²) in [5.74, 6) is -0.310. The molecule has 0 aliphatic heterocycles. The number of hydrogen-bond acceptors (Lipinski definition) is 5. The molecule has 0 N–H and O–H groups in total. The zero-order valence-electron chi connectivity index (χ0n) is 12.0. The second-order valence-corrected chi connectivity index (χ2v) is 5.72. The minimum absolute atomic E-state index is 0.0324. The zero-order valence-corrected chi connectivity index (χ0v) is 12.9. The first-order valence-corrected chi connectivity index (χ1v) is 7.64. The number of nitrogens with zero attached hydrogens (tertiary/aromatic N) is 1. The monoisotopic (exact) mass is 353 g/mol. The summed E-state index contributed by atoms with van der Waals surface area (Å²) in [4.78, 5) is 16.9. The molecule has 24 heavy (non-hydrogen) atoms. The smallest absolute Gasteiger partial charge is 0.416 e. The summed E-state index contributed by atoms with van der Waals surface area (Å²) in [6.45, 7) is -0.130. The zero-order chi connectivity index (χ0) is 17.2. The van der Waals surface area contributed by atoms with Crippen LogP contribution < -0.4 is 0 Å². The molecule has 0 bridgehead atoms. The van der Waals surface area contributed by atoms with Gasteiger partial charge < -0.3 is 9.15 Å². The van der Waals surface area contributed by atoms with E-state index in [9.17, 15) is 18.0 Å². The van der Waals surface area contributed by atoms with Gasteiger partial charge in [0.25, 0.3) is 0 Å². The summed E-state index contributed by atoms with van der Waals surface area (Å²) >= 11 is 1.46. The molecule has 8 heteroatoms. The maximum absolute atomic E-state index is 12.5. The highest BCUT2D eigenvalue weighted by atomic mass is 32.1. The van der Waals surface area contributed by atoms with Gasteiger partial charge in [-0.25, -0.2) is 9.78 Å². The quantitative estimate of drug-likeness (QED) is 0.634. The lowest BCUT2D eigenvalue weighted by Gasteiger charge is -2.07. The number of carbonyl (C=O) groups is 1. The van der Waals surface area contributed by atoms with Gasteiger partial charge in [-0.1, -0.05) is 6.07 Å². The van der Waals surface area contributed by atoms with Crippen molar-refractivity contribution < 1.29 is 27.1 Å². The van der Waals surface area contributed by atoms with Crippen LogP contribution in [0.2, 0.25) is 0 Å². The molecule has 3 rings (SSSR count). The Morgan fingerprint density at radius 3 is 2.58 bits per heavy atom. The minimum atomic E-state index is -4.44. The van der Waals surface area contributed by atoms with E-state index >= 15 is 0 Å². The van der Waals surface area contributed by atoms with Gasteiger partial charge in [-0.15, -0.1) is 11.3 Å². The summed E-state index contributed by atoms with van der Waals surface area (Å²) < 4.78 is 47.7. The van der Waals surface area contributed by atoms with Crippen molar-refractivity contribution in [3.8, 4) is 10.8 Å². The van der Waals surface area contributed by atoms with Gasteiger partial charge in [0, 0.05) is 0 Å². The van der Waals surface area contributed by atoms with Crippen molar-refractivity contribution >= 4 is 17.3 Å². The Morgan fingerprint density at radius 1 is 1.21 bits per heavy atom. The average Bonchev–Trinajstić information content (AvgIpc) is 3.23. The van der Waals surface area contributed by atoms with Crippen molar-refractivity contribution in [2.45, 2.75) is 12.8 Å². The number of esters is 1. The predicted octanol–water partition coefficient (Wildman–Crippen LogP) is 4.78. The molecule has 0 spiro atoms. The van der Waals surface area contributed by atoms with Gasteiger partial charge in [0.15, 0.2) is 0 Å². The summed E-state index contributed by atoms with van der Waals surface area (Å²) in [5, 5.41) is 1.88. The van der Waals surface area contributed by atoms with Crippen LogP contribution in [0.3, 0.4) is 0 Å². The normalized spacial score (nSPS) is 11.5. The van der Waals surface area contributed by atoms with Gasteiger partial charge in [-0.2, -0.15) is 13.2 Å². The van der Waals surface area contributed by atoms with Crippen LogP contribution in [0.5, 0.6) is 0 Å². The number of thiophene rings is 1. The molecule has 0 amide bonds. The lowest BCUT2D eigenvalue weighted by molar-refractivity contribution is -0.137. The van der Waals surface area contributed by atoms with Gasteiger partial charge in [0.2, 0.25) is 5.89 Å². The molecule has 2 heterocycles. The third-order valence-electron chi connectivity index (χ3n) is 3.08. The Labute approximate surface area is 138 Å². The first kappa shape index (κ1) is 16.3. The molecule has 4 nitrogen and oxygen atoms in total. The molecule has 124 valence electrons. The summed E-state index contributed by atoms with van der Waals surface area (Å²) in [6.07, 6.45) is -3.07. The van der Waals surface area contributed by atoms with E-state index < -0.39 is 17.7 Å². The van der Waals surface area contributed by atoms with Crippen molar-refractivity contribution in [3.63, 3.8) is 0 Å². The van der Waals surface area contributed by atoms with E-state index in [0.29, 0.717) is 11.6 Å². The Balaban J connectivity index is 1.61. The van der Waals surface area contributed by atoms with Crippen LogP contribution in [0.25, 0.3) is 10.8 Å². The number of benzene rings is 1. The highest BCUT2D eigenvalue weighted by molar-refractivity contribution is 7.13. The number of aromatic nitrogens is 1. The minimum Gasteiger partial charge on any atom is -0.455 e. The van der Waals surface area contributed by atoms with E-state index in [2.05, 4.69) is 4.98 Å². The number of oxazole rings is 1. The first-order chi connectivity index (χ1) is 11.4. The molecular formula is C16H10F3NO3S. The second kappa shape index (κ2) is 6.48. The number of carbonyl (C=O) groups excluding carboxylic acids is 1. The van der Waals surface area contributed by atoms with Crippen LogP contribution in [0.1, 0.15) is 21.6 Å². The van der Waals surface area contributed by atoms with Crippen molar-refractivity contribution in [3.05, 3.63) is 64.9 Å². The summed E-state index contributed by atoms with van der Waals surface area (Å²) in [5.41, 5.74) is -0.375. The number of alkyl halides is 3. The molecular weight excluding hydrogens is 343 g/mol. The van der Waals surface area contributed by atoms with Gasteiger partial charge in [-0.3, -0.25) is 0 Å². The topological polar surface area (TPSA) is 52.3 Å². The van der Waals surface area contributed by atoms with Gasteiger partial charge in [0.1, 0.15) is 18.6 Å². The van der Waals surface area contributed by atoms with E-state index in [4.69, 9.17) is 9.15 Å². The lowest BCUT2D eigenvalue weighted by Crippen LogP contribution is -2.08. The molecule has 0 saturated carbocycles. The first-order valence-electron chi connectivity index (χ1n) is 6.76. The molecule has 0 aliphatic carbocycles. The lowest BCUT2D eigenvalue weighted by atomic mass is 10.1. The average molecular weight is 353 g/mol. The van der Waals surface area contributed by atoms with Gasteiger partial charge in [0.05, 0.1) is 16.0 Å². The van der Waals surface area contributed by atoms with Crippen molar-refractivity contribution in [1.82, 2.24) is 4.98 Å². The van der Waals surface area contributed by atoms with Crippen molar-refractivity contribution in [1.29, 1.82) is 0 Å². The molecule has 1 aromatic carbocycles. The number of rotatable bonds is 4. The van der Waals surface area contributed by atoms with Crippen LogP contribution in [-0.2, 0) is 17.5 Å².